The second kappa shape index (κ2) is 2.24. The molecule has 2 rings (SSSR count). The molecule has 58 valence electrons. The van der Waals surface area contributed by atoms with E-state index in [1.807, 2.05) is 0 Å². The fourth-order valence-electron chi connectivity index (χ4n) is 1.43. The van der Waals surface area contributed by atoms with Crippen LogP contribution in [0.1, 0.15) is 11.1 Å². The van der Waals surface area contributed by atoms with E-state index < -0.39 is 0 Å². The van der Waals surface area contributed by atoms with Gasteiger partial charge in [0.15, 0.2) is 0 Å². The fraction of sp³-hybridized carbons (Fsp3) is 0.333. The fourth-order valence-corrected chi connectivity index (χ4v) is 1.43. The van der Waals surface area contributed by atoms with Gasteiger partial charge in [-0.25, -0.2) is 5.01 Å². The highest BCUT2D eigenvalue weighted by molar-refractivity contribution is 5.55. The summed E-state index contributed by atoms with van der Waals surface area (Å²) in [7, 11) is 2.05. The van der Waals surface area contributed by atoms with Crippen molar-refractivity contribution in [2.45, 2.75) is 13.5 Å². The van der Waals surface area contributed by atoms with Gasteiger partial charge in [-0.3, -0.25) is 0 Å². The quantitative estimate of drug-likeness (QED) is 0.603. The minimum atomic E-state index is 1.01. The molecule has 0 radical (unpaired) electrons. The predicted octanol–water partition coefficient (Wildman–Crippen LogP) is 1.77. The van der Waals surface area contributed by atoms with Crippen LogP contribution < -0.4 is 5.43 Å². The Morgan fingerprint density at radius 3 is 3.09 bits per heavy atom. The number of hydrogen-bond donors (Lipinski definition) is 1. The predicted molar refractivity (Wildman–Crippen MR) is 46.3 cm³/mol. The highest BCUT2D eigenvalue weighted by Gasteiger charge is 2.13. The normalized spacial score (nSPS) is 16.2. The number of hydrogen-bond acceptors (Lipinski definition) is 2. The van der Waals surface area contributed by atoms with Crippen LogP contribution in [-0.4, -0.2) is 12.1 Å². The summed E-state index contributed by atoms with van der Waals surface area (Å²) in [5.74, 6) is 0. The molecule has 1 aromatic rings. The van der Waals surface area contributed by atoms with Crippen molar-refractivity contribution in [1.29, 1.82) is 0 Å². The Kier molecular flexibility index (Phi) is 1.36. The van der Waals surface area contributed by atoms with Gasteiger partial charge in [-0.05, 0) is 24.1 Å². The number of nitrogens with zero attached hydrogens (tertiary/aromatic N) is 1. The van der Waals surface area contributed by atoms with Crippen molar-refractivity contribution in [3.05, 3.63) is 29.3 Å². The SMILES string of the molecule is Cc1ccc2c(c1)NN(C)C2. The Morgan fingerprint density at radius 1 is 1.45 bits per heavy atom. The monoisotopic (exact) mass is 148 g/mol. The minimum Gasteiger partial charge on any atom is -0.318 e. The molecule has 0 bridgehead atoms. The second-order valence-corrected chi connectivity index (χ2v) is 3.13. The number of benzene rings is 1. The molecule has 0 spiro atoms. The highest BCUT2D eigenvalue weighted by atomic mass is 15.5. The van der Waals surface area contributed by atoms with Crippen molar-refractivity contribution in [2.75, 3.05) is 12.5 Å². The van der Waals surface area contributed by atoms with Crippen LogP contribution in [0.4, 0.5) is 5.69 Å². The van der Waals surface area contributed by atoms with E-state index in [9.17, 15) is 0 Å². The van der Waals surface area contributed by atoms with Crippen LogP contribution in [0.2, 0.25) is 0 Å². The minimum absolute atomic E-state index is 1.01. The van der Waals surface area contributed by atoms with E-state index in [0.29, 0.717) is 0 Å². The van der Waals surface area contributed by atoms with Crippen LogP contribution in [0.5, 0.6) is 0 Å². The lowest BCUT2D eigenvalue weighted by Crippen LogP contribution is -2.16. The Bertz CT molecular complexity index is 281. The lowest BCUT2D eigenvalue weighted by atomic mass is 10.1. The van der Waals surface area contributed by atoms with Crippen molar-refractivity contribution in [2.24, 2.45) is 0 Å². The molecule has 0 aromatic heterocycles. The summed E-state index contributed by atoms with van der Waals surface area (Å²) in [6.45, 7) is 3.12. The first kappa shape index (κ1) is 6.68. The van der Waals surface area contributed by atoms with Crippen LogP contribution in [0, 0.1) is 6.92 Å². The van der Waals surface area contributed by atoms with E-state index >= 15 is 0 Å². The molecule has 0 aliphatic carbocycles. The van der Waals surface area contributed by atoms with Gasteiger partial charge < -0.3 is 5.43 Å². The zero-order valence-corrected chi connectivity index (χ0v) is 6.89. The van der Waals surface area contributed by atoms with E-state index in [4.69, 9.17) is 0 Å². The smallest absolute Gasteiger partial charge is 0.0538 e. The van der Waals surface area contributed by atoms with E-state index in [1.54, 1.807) is 0 Å². The molecule has 0 fully saturated rings. The third kappa shape index (κ3) is 1.10. The number of anilines is 1. The van der Waals surface area contributed by atoms with Gasteiger partial charge in [-0.1, -0.05) is 12.1 Å². The molecule has 0 unspecified atom stereocenters. The van der Waals surface area contributed by atoms with Crippen LogP contribution in [0.3, 0.4) is 0 Å². The van der Waals surface area contributed by atoms with Gasteiger partial charge in [0.25, 0.3) is 0 Å². The van der Waals surface area contributed by atoms with Crippen molar-refractivity contribution in [1.82, 2.24) is 5.01 Å². The van der Waals surface area contributed by atoms with E-state index in [-0.39, 0.29) is 0 Å². The van der Waals surface area contributed by atoms with Crippen LogP contribution >= 0.6 is 0 Å². The molecule has 1 heterocycles. The molecular formula is C9H12N2. The van der Waals surface area contributed by atoms with E-state index in [1.165, 1.54) is 16.8 Å². The molecule has 2 heteroatoms. The van der Waals surface area contributed by atoms with E-state index in [0.717, 1.165) is 6.54 Å². The van der Waals surface area contributed by atoms with Crippen LogP contribution in [-0.2, 0) is 6.54 Å². The summed E-state index contributed by atoms with van der Waals surface area (Å²) >= 11 is 0. The Morgan fingerprint density at radius 2 is 2.27 bits per heavy atom. The highest BCUT2D eigenvalue weighted by Crippen LogP contribution is 2.24. The average molecular weight is 148 g/mol. The standard InChI is InChI=1S/C9H12N2/c1-7-3-4-8-6-11(2)10-9(8)5-7/h3-5,10H,6H2,1-2H3. The first-order valence-corrected chi connectivity index (χ1v) is 3.83. The molecule has 11 heavy (non-hydrogen) atoms. The van der Waals surface area contributed by atoms with Crippen molar-refractivity contribution in [3.8, 4) is 0 Å². The lowest BCUT2D eigenvalue weighted by molar-refractivity contribution is 0.422. The van der Waals surface area contributed by atoms with Crippen molar-refractivity contribution < 1.29 is 0 Å². The van der Waals surface area contributed by atoms with Crippen molar-refractivity contribution >= 4 is 5.69 Å². The molecular weight excluding hydrogens is 136 g/mol. The van der Waals surface area contributed by atoms with Gasteiger partial charge >= 0.3 is 0 Å². The summed E-state index contributed by atoms with van der Waals surface area (Å²) in [5, 5.41) is 2.09. The lowest BCUT2D eigenvalue weighted by Gasteiger charge is -2.06. The zero-order chi connectivity index (χ0) is 7.84. The topological polar surface area (TPSA) is 15.3 Å². The van der Waals surface area contributed by atoms with Gasteiger partial charge in [-0.15, -0.1) is 0 Å². The molecule has 0 atom stereocenters. The van der Waals surface area contributed by atoms with Crippen LogP contribution in [0.25, 0.3) is 0 Å². The van der Waals surface area contributed by atoms with Gasteiger partial charge in [0.1, 0.15) is 0 Å². The third-order valence-corrected chi connectivity index (χ3v) is 1.98. The van der Waals surface area contributed by atoms with Gasteiger partial charge in [0, 0.05) is 13.6 Å². The summed E-state index contributed by atoms with van der Waals surface area (Å²) in [6, 6.07) is 6.51. The summed E-state index contributed by atoms with van der Waals surface area (Å²) in [6.07, 6.45) is 0. The molecule has 0 saturated heterocycles. The van der Waals surface area contributed by atoms with Gasteiger partial charge in [0.05, 0.1) is 5.69 Å². The Balaban J connectivity index is 2.43. The summed E-state index contributed by atoms with van der Waals surface area (Å²) < 4.78 is 0. The van der Waals surface area contributed by atoms with Gasteiger partial charge in [0.2, 0.25) is 0 Å². The van der Waals surface area contributed by atoms with Gasteiger partial charge in [-0.2, -0.15) is 0 Å². The molecule has 1 aromatic carbocycles. The maximum absolute atomic E-state index is 3.27. The molecule has 2 nitrogen and oxygen atoms in total. The maximum Gasteiger partial charge on any atom is 0.0538 e. The summed E-state index contributed by atoms with van der Waals surface area (Å²) in [4.78, 5) is 0. The number of nitrogens with one attached hydrogen (secondary N) is 1. The largest absolute Gasteiger partial charge is 0.318 e. The Labute approximate surface area is 66.8 Å². The number of fused-ring (bicyclic) bond motifs is 1. The molecule has 1 aliphatic heterocycles. The molecule has 0 saturated carbocycles. The second-order valence-electron chi connectivity index (χ2n) is 3.13. The molecule has 1 aliphatic rings. The van der Waals surface area contributed by atoms with Crippen LogP contribution in [0.15, 0.2) is 18.2 Å². The molecule has 0 amide bonds. The average Bonchev–Trinajstić information content (AvgIpc) is 2.27. The molecule has 1 N–H and O–H groups in total. The third-order valence-electron chi connectivity index (χ3n) is 1.98. The number of rotatable bonds is 0. The number of hydrazine groups is 1. The maximum atomic E-state index is 3.27. The van der Waals surface area contributed by atoms with Crippen molar-refractivity contribution in [3.63, 3.8) is 0 Å². The Hall–Kier alpha value is -1.02. The zero-order valence-electron chi connectivity index (χ0n) is 6.89. The van der Waals surface area contributed by atoms with E-state index in [2.05, 4.69) is 42.6 Å². The first-order chi connectivity index (χ1) is 5.25. The summed E-state index contributed by atoms with van der Waals surface area (Å²) in [5.41, 5.74) is 7.23. The number of aryl methyl sites for hydroxylation is 1. The first-order valence-electron chi connectivity index (χ1n) is 3.83.